The third kappa shape index (κ3) is 5.38. The number of carbonyl (C=O) groups is 1. The van der Waals surface area contributed by atoms with Crippen molar-refractivity contribution in [2.75, 3.05) is 5.32 Å². The van der Waals surface area contributed by atoms with E-state index in [1.54, 1.807) is 23.8 Å². The number of aromatic amines is 1. The van der Waals surface area contributed by atoms with Crippen LogP contribution in [0.3, 0.4) is 0 Å². The van der Waals surface area contributed by atoms with Crippen LogP contribution < -0.4 is 10.0 Å². The van der Waals surface area contributed by atoms with Gasteiger partial charge in [-0.25, -0.2) is 18.1 Å². The second-order valence-electron chi connectivity index (χ2n) is 7.94. The van der Waals surface area contributed by atoms with Crippen molar-refractivity contribution < 1.29 is 13.2 Å². The maximum Gasteiger partial charge on any atom is 0.242 e. The van der Waals surface area contributed by atoms with E-state index in [-0.39, 0.29) is 17.2 Å². The predicted molar refractivity (Wildman–Crippen MR) is 133 cm³/mol. The summed E-state index contributed by atoms with van der Waals surface area (Å²) in [6, 6.07) is 6.23. The predicted octanol–water partition coefficient (Wildman–Crippen LogP) is 3.08. The number of aryl methyl sites for hydroxylation is 1. The molecule has 178 valence electrons. The Kier molecular flexibility index (Phi) is 6.89. The van der Waals surface area contributed by atoms with Crippen molar-refractivity contribution in [1.82, 2.24) is 29.5 Å². The number of nitrogens with zero attached hydrogens (tertiary/aromatic N) is 4. The molecule has 4 aromatic rings. The first-order valence-corrected chi connectivity index (χ1v) is 13.1. The van der Waals surface area contributed by atoms with Crippen LogP contribution in [0.5, 0.6) is 0 Å². The van der Waals surface area contributed by atoms with Crippen LogP contribution >= 0.6 is 23.6 Å². The number of hydrogen-bond donors (Lipinski definition) is 3. The number of benzene rings is 1. The molecular weight excluding hydrogens is 494 g/mol. The molecular formula is C21H23N7O3S3. The second-order valence-corrected chi connectivity index (χ2v) is 10.9. The van der Waals surface area contributed by atoms with Gasteiger partial charge in [-0.15, -0.1) is 11.3 Å². The fraction of sp³-hybridized carbons (Fsp3) is 0.286. The molecule has 0 spiro atoms. The van der Waals surface area contributed by atoms with Gasteiger partial charge in [0, 0.05) is 36.5 Å². The number of pyridine rings is 1. The van der Waals surface area contributed by atoms with Crippen molar-refractivity contribution in [2.45, 2.75) is 37.6 Å². The Morgan fingerprint density at radius 2 is 2.15 bits per heavy atom. The Labute approximate surface area is 205 Å². The SMILES string of the molecule is Cc1cnc2c(S(=O)(=O)NC(C)CC(=O)Nc3nc(Cc4n[nH]c(=S)n4C)cs3)cccc2c1. The van der Waals surface area contributed by atoms with Gasteiger partial charge < -0.3 is 9.88 Å². The standard InChI is InChI=1S/C21H23N7O3S3/c1-12-7-14-5-4-6-16(19(14)22-10-12)34(30,31)27-13(2)8-18(29)24-20-23-15(11-33-20)9-17-25-26-21(32)28(17)3/h4-7,10-11,13,27H,8-9H2,1-3H3,(H,26,32)(H,23,24,29). The monoisotopic (exact) mass is 517 g/mol. The van der Waals surface area contributed by atoms with E-state index in [0.717, 1.165) is 22.5 Å². The number of hydrogen-bond acceptors (Lipinski definition) is 8. The van der Waals surface area contributed by atoms with Crippen molar-refractivity contribution in [3.63, 3.8) is 0 Å². The van der Waals surface area contributed by atoms with Crippen molar-refractivity contribution in [3.05, 3.63) is 57.7 Å². The fourth-order valence-electron chi connectivity index (χ4n) is 3.42. The van der Waals surface area contributed by atoms with Crippen molar-refractivity contribution in [2.24, 2.45) is 7.05 Å². The quantitative estimate of drug-likeness (QED) is 0.306. The fourth-order valence-corrected chi connectivity index (χ4v) is 5.72. The molecule has 4 rings (SSSR count). The van der Waals surface area contributed by atoms with Gasteiger partial charge in [-0.3, -0.25) is 14.9 Å². The average molecular weight is 518 g/mol. The molecule has 0 fully saturated rings. The van der Waals surface area contributed by atoms with E-state index in [0.29, 0.717) is 21.8 Å². The molecule has 1 atom stereocenters. The number of H-pyrrole nitrogens is 1. The molecule has 0 aliphatic rings. The number of anilines is 1. The third-order valence-corrected chi connectivity index (χ3v) is 7.85. The Hall–Kier alpha value is -3.00. The number of thiazole rings is 1. The molecule has 3 heterocycles. The van der Waals surface area contributed by atoms with E-state index < -0.39 is 16.1 Å². The van der Waals surface area contributed by atoms with Crippen LogP contribution in [-0.4, -0.2) is 45.1 Å². The maximum absolute atomic E-state index is 13.0. The van der Waals surface area contributed by atoms with Crippen molar-refractivity contribution in [3.8, 4) is 0 Å². The van der Waals surface area contributed by atoms with Gasteiger partial charge >= 0.3 is 0 Å². The minimum atomic E-state index is -3.88. The molecule has 10 nitrogen and oxygen atoms in total. The Balaban J connectivity index is 1.38. The zero-order valence-corrected chi connectivity index (χ0v) is 21.1. The van der Waals surface area contributed by atoms with E-state index in [9.17, 15) is 13.2 Å². The summed E-state index contributed by atoms with van der Waals surface area (Å²) in [5.74, 6) is 0.384. The van der Waals surface area contributed by atoms with Crippen LogP contribution in [0.25, 0.3) is 10.9 Å². The maximum atomic E-state index is 13.0. The van der Waals surface area contributed by atoms with Crippen LogP contribution in [0.2, 0.25) is 0 Å². The summed E-state index contributed by atoms with van der Waals surface area (Å²) in [5, 5.41) is 12.6. The normalized spacial score (nSPS) is 12.7. The smallest absolute Gasteiger partial charge is 0.242 e. The van der Waals surface area contributed by atoms with E-state index in [1.807, 2.05) is 31.5 Å². The Morgan fingerprint density at radius 1 is 1.35 bits per heavy atom. The zero-order valence-electron chi connectivity index (χ0n) is 18.7. The number of aromatic nitrogens is 5. The summed E-state index contributed by atoms with van der Waals surface area (Å²) in [6.45, 7) is 3.53. The van der Waals surface area contributed by atoms with Gasteiger partial charge in [0.05, 0.1) is 17.6 Å². The largest absolute Gasteiger partial charge is 0.307 e. The van der Waals surface area contributed by atoms with Crippen molar-refractivity contribution >= 4 is 55.5 Å². The summed E-state index contributed by atoms with van der Waals surface area (Å²) in [6.07, 6.45) is 2.03. The highest BCUT2D eigenvalue weighted by Gasteiger charge is 2.22. The molecule has 3 aromatic heterocycles. The lowest BCUT2D eigenvalue weighted by Gasteiger charge is -2.15. The second kappa shape index (κ2) is 9.70. The van der Waals surface area contributed by atoms with Gasteiger partial charge in [0.2, 0.25) is 15.9 Å². The van der Waals surface area contributed by atoms with Crippen LogP contribution in [0.4, 0.5) is 5.13 Å². The van der Waals surface area contributed by atoms with Crippen LogP contribution in [-0.2, 0) is 28.3 Å². The van der Waals surface area contributed by atoms with Gasteiger partial charge in [0.1, 0.15) is 10.7 Å². The van der Waals surface area contributed by atoms with Gasteiger partial charge in [0.15, 0.2) is 9.90 Å². The lowest BCUT2D eigenvalue weighted by Crippen LogP contribution is -2.35. The summed E-state index contributed by atoms with van der Waals surface area (Å²) in [4.78, 5) is 21.3. The molecule has 0 aliphatic heterocycles. The number of rotatable bonds is 8. The third-order valence-electron chi connectivity index (χ3n) is 5.06. The average Bonchev–Trinajstić information content (AvgIpc) is 3.33. The first-order chi connectivity index (χ1) is 16.1. The summed E-state index contributed by atoms with van der Waals surface area (Å²) in [5.41, 5.74) is 2.07. The van der Waals surface area contributed by atoms with Gasteiger partial charge in [-0.2, -0.15) is 5.10 Å². The lowest BCUT2D eigenvalue weighted by molar-refractivity contribution is -0.116. The molecule has 1 amide bonds. The van der Waals surface area contributed by atoms with E-state index in [2.05, 4.69) is 30.2 Å². The van der Waals surface area contributed by atoms with Crippen LogP contribution in [0, 0.1) is 11.7 Å². The molecule has 0 saturated heterocycles. The molecule has 0 saturated carbocycles. The first-order valence-electron chi connectivity index (χ1n) is 10.3. The number of sulfonamides is 1. The number of para-hydroxylation sites is 1. The molecule has 0 aliphatic carbocycles. The van der Waals surface area contributed by atoms with E-state index >= 15 is 0 Å². The van der Waals surface area contributed by atoms with Gasteiger partial charge in [-0.05, 0) is 43.8 Å². The Bertz CT molecular complexity index is 1520. The molecule has 0 radical (unpaired) electrons. The summed E-state index contributed by atoms with van der Waals surface area (Å²) >= 11 is 6.39. The van der Waals surface area contributed by atoms with Crippen molar-refractivity contribution in [1.29, 1.82) is 0 Å². The highest BCUT2D eigenvalue weighted by molar-refractivity contribution is 7.89. The first kappa shape index (κ1) is 24.1. The minimum Gasteiger partial charge on any atom is -0.307 e. The number of carbonyl (C=O) groups excluding carboxylic acids is 1. The van der Waals surface area contributed by atoms with E-state index in [1.165, 1.54) is 17.4 Å². The van der Waals surface area contributed by atoms with Crippen LogP contribution in [0.15, 0.2) is 40.7 Å². The van der Waals surface area contributed by atoms with Gasteiger partial charge in [-0.1, -0.05) is 12.1 Å². The molecule has 1 unspecified atom stereocenters. The molecule has 13 heteroatoms. The highest BCUT2D eigenvalue weighted by atomic mass is 32.2. The molecule has 3 N–H and O–H groups in total. The summed E-state index contributed by atoms with van der Waals surface area (Å²) in [7, 11) is -2.06. The Morgan fingerprint density at radius 3 is 2.88 bits per heavy atom. The molecule has 34 heavy (non-hydrogen) atoms. The van der Waals surface area contributed by atoms with Crippen LogP contribution in [0.1, 0.15) is 30.4 Å². The summed E-state index contributed by atoms with van der Waals surface area (Å²) < 4.78 is 30.8. The number of fused-ring (bicyclic) bond motifs is 1. The lowest BCUT2D eigenvalue weighted by atomic mass is 10.2. The number of nitrogens with one attached hydrogen (secondary N) is 3. The number of amides is 1. The topological polar surface area (TPSA) is 135 Å². The van der Waals surface area contributed by atoms with Gasteiger partial charge in [0.25, 0.3) is 0 Å². The minimum absolute atomic E-state index is 0.0565. The zero-order chi connectivity index (χ0) is 24.5. The highest BCUT2D eigenvalue weighted by Crippen LogP contribution is 2.22. The van der Waals surface area contributed by atoms with E-state index in [4.69, 9.17) is 12.2 Å². The molecule has 0 bridgehead atoms. The molecule has 1 aromatic carbocycles.